The van der Waals surface area contributed by atoms with E-state index < -0.39 is 0 Å². The molecule has 0 atom stereocenters. The maximum Gasteiger partial charge on any atom is 0.161 e. The lowest BCUT2D eigenvalue weighted by atomic mass is 9.98. The summed E-state index contributed by atoms with van der Waals surface area (Å²) < 4.78 is 1.17. The quantitative estimate of drug-likeness (QED) is 0.192. The van der Waals surface area contributed by atoms with E-state index >= 15 is 0 Å². The minimum Gasteiger partial charge on any atom is -0.236 e. The molecule has 0 spiro atoms. The summed E-state index contributed by atoms with van der Waals surface area (Å²) in [6, 6.07) is 56.8. The zero-order chi connectivity index (χ0) is 30.0. The van der Waals surface area contributed by atoms with Crippen molar-refractivity contribution in [2.24, 2.45) is 0 Å². The van der Waals surface area contributed by atoms with Crippen molar-refractivity contribution in [2.75, 3.05) is 0 Å². The van der Waals surface area contributed by atoms with Gasteiger partial charge in [-0.3, -0.25) is 0 Å². The minimum absolute atomic E-state index is 0.692. The molecule has 0 aliphatic heterocycles. The monoisotopic (exact) mass is 593 g/mol. The second kappa shape index (κ2) is 11.8. The molecule has 8 rings (SSSR count). The van der Waals surface area contributed by atoms with E-state index in [-0.39, 0.29) is 0 Å². The first-order valence-electron chi connectivity index (χ1n) is 14.9. The molecule has 0 aliphatic carbocycles. The van der Waals surface area contributed by atoms with Crippen molar-refractivity contribution in [1.29, 1.82) is 0 Å². The Kier molecular flexibility index (Phi) is 7.02. The van der Waals surface area contributed by atoms with Gasteiger partial charge in [-0.1, -0.05) is 146 Å². The van der Waals surface area contributed by atoms with E-state index in [4.69, 9.17) is 15.0 Å². The predicted octanol–water partition coefficient (Wildman–Crippen LogP) is 11.1. The first-order chi connectivity index (χ1) is 22.3. The van der Waals surface area contributed by atoms with E-state index in [2.05, 4.69) is 133 Å². The first-order valence-corrected chi connectivity index (χ1v) is 15.8. The fourth-order valence-electron chi connectivity index (χ4n) is 5.67. The van der Waals surface area contributed by atoms with Crippen LogP contribution in [-0.2, 0) is 0 Å². The largest absolute Gasteiger partial charge is 0.236 e. The zero-order valence-corrected chi connectivity index (χ0v) is 25.2. The highest BCUT2D eigenvalue weighted by atomic mass is 32.1. The van der Waals surface area contributed by atoms with Crippen LogP contribution in [0.2, 0.25) is 0 Å². The van der Waals surface area contributed by atoms with Crippen LogP contribution in [0.3, 0.4) is 0 Å². The Morgan fingerprint density at radius 1 is 0.356 bits per heavy atom. The van der Waals surface area contributed by atoms with E-state index in [0.717, 1.165) is 55.3 Å². The molecule has 8 aromatic rings. The average Bonchev–Trinajstić information content (AvgIpc) is 3.56. The van der Waals surface area contributed by atoms with Gasteiger partial charge in [0, 0.05) is 22.3 Å². The van der Waals surface area contributed by atoms with Crippen molar-refractivity contribution >= 4 is 21.6 Å². The fraction of sp³-hybridized carbons (Fsp3) is 0. The molecule has 0 saturated heterocycles. The van der Waals surface area contributed by atoms with E-state index in [1.54, 1.807) is 11.3 Å². The van der Waals surface area contributed by atoms with Crippen LogP contribution in [0, 0.1) is 0 Å². The Morgan fingerprint density at radius 2 is 0.844 bits per heavy atom. The third-order valence-electron chi connectivity index (χ3n) is 7.97. The summed E-state index contributed by atoms with van der Waals surface area (Å²) in [7, 11) is 0. The lowest BCUT2D eigenvalue weighted by molar-refractivity contribution is 1.18. The lowest BCUT2D eigenvalue weighted by Crippen LogP contribution is -1.97. The molecule has 2 aromatic heterocycles. The molecule has 0 amide bonds. The molecule has 2 heterocycles. The summed E-state index contributed by atoms with van der Waals surface area (Å²) in [5, 5.41) is 1.03. The number of fused-ring (bicyclic) bond motifs is 1. The number of hydrogen-bond donors (Lipinski definition) is 0. The third-order valence-corrected chi connectivity index (χ3v) is 9.06. The van der Waals surface area contributed by atoms with Gasteiger partial charge < -0.3 is 0 Å². The van der Waals surface area contributed by atoms with Gasteiger partial charge in [0.05, 0.1) is 21.6 Å². The molecule has 0 N–H and O–H groups in total. The van der Waals surface area contributed by atoms with Gasteiger partial charge in [0.15, 0.2) is 5.82 Å². The summed E-state index contributed by atoms with van der Waals surface area (Å²) in [6.45, 7) is 0. The number of benzene rings is 6. The van der Waals surface area contributed by atoms with E-state index in [1.165, 1.54) is 15.8 Å². The van der Waals surface area contributed by atoms with Gasteiger partial charge in [-0.15, -0.1) is 11.3 Å². The molecular formula is C41H27N3S. The summed E-state index contributed by atoms with van der Waals surface area (Å²) in [5.74, 6) is 0.692. The van der Waals surface area contributed by atoms with Crippen LogP contribution in [0.25, 0.3) is 76.9 Å². The van der Waals surface area contributed by atoms with Crippen LogP contribution < -0.4 is 0 Å². The van der Waals surface area contributed by atoms with E-state index in [0.29, 0.717) is 5.82 Å². The predicted molar refractivity (Wildman–Crippen MR) is 188 cm³/mol. The highest BCUT2D eigenvalue weighted by molar-refractivity contribution is 7.21. The summed E-state index contributed by atoms with van der Waals surface area (Å²) >= 11 is 1.72. The van der Waals surface area contributed by atoms with Crippen molar-refractivity contribution in [2.45, 2.75) is 0 Å². The highest BCUT2D eigenvalue weighted by Gasteiger charge is 2.16. The number of aromatic nitrogens is 3. The number of thiazole rings is 1. The molecule has 3 nitrogen and oxygen atoms in total. The van der Waals surface area contributed by atoms with Crippen molar-refractivity contribution in [3.8, 4) is 66.7 Å². The summed E-state index contributed by atoms with van der Waals surface area (Å²) in [4.78, 5) is 15.3. The summed E-state index contributed by atoms with van der Waals surface area (Å²) in [5.41, 5.74) is 11.5. The second-order valence-corrected chi connectivity index (χ2v) is 11.9. The molecule has 6 aromatic carbocycles. The van der Waals surface area contributed by atoms with Crippen LogP contribution in [0.15, 0.2) is 164 Å². The zero-order valence-electron chi connectivity index (χ0n) is 24.3. The Morgan fingerprint density at radius 3 is 1.51 bits per heavy atom. The van der Waals surface area contributed by atoms with Gasteiger partial charge in [-0.25, -0.2) is 15.0 Å². The number of hydrogen-bond acceptors (Lipinski definition) is 4. The Balaban J connectivity index is 1.24. The second-order valence-electron chi connectivity index (χ2n) is 10.9. The third kappa shape index (κ3) is 5.44. The molecule has 45 heavy (non-hydrogen) atoms. The van der Waals surface area contributed by atoms with Crippen LogP contribution >= 0.6 is 11.3 Å². The smallest absolute Gasteiger partial charge is 0.161 e. The molecule has 0 fully saturated rings. The Hall–Kier alpha value is -5.71. The SMILES string of the molecule is c1ccc(-c2ccc(-c3cc(-c4ccccc4)nc(-c4ccccc4-c4ccc5sc(-c6ccccc6)nc5c4)n3)cc2)cc1. The molecule has 0 saturated carbocycles. The Bertz CT molecular complexity index is 2240. The molecule has 0 bridgehead atoms. The van der Waals surface area contributed by atoms with Crippen molar-refractivity contribution < 1.29 is 0 Å². The maximum absolute atomic E-state index is 5.17. The molecular weight excluding hydrogens is 567 g/mol. The molecule has 0 unspecified atom stereocenters. The van der Waals surface area contributed by atoms with Crippen LogP contribution in [0.5, 0.6) is 0 Å². The van der Waals surface area contributed by atoms with E-state index in [9.17, 15) is 0 Å². The molecule has 0 radical (unpaired) electrons. The van der Waals surface area contributed by atoms with Crippen molar-refractivity contribution in [3.05, 3.63) is 164 Å². The molecule has 4 heteroatoms. The minimum atomic E-state index is 0.692. The number of nitrogens with zero attached hydrogens (tertiary/aromatic N) is 3. The normalized spacial score (nSPS) is 11.1. The lowest BCUT2D eigenvalue weighted by Gasteiger charge is -2.13. The van der Waals surface area contributed by atoms with Gasteiger partial charge in [-0.05, 0) is 40.5 Å². The highest BCUT2D eigenvalue weighted by Crippen LogP contribution is 2.37. The summed E-state index contributed by atoms with van der Waals surface area (Å²) in [6.07, 6.45) is 0. The van der Waals surface area contributed by atoms with Crippen LogP contribution in [0.4, 0.5) is 0 Å². The van der Waals surface area contributed by atoms with Crippen LogP contribution in [0.1, 0.15) is 0 Å². The number of rotatable bonds is 6. The van der Waals surface area contributed by atoms with Gasteiger partial charge in [0.2, 0.25) is 0 Å². The standard InChI is InChI=1S/C41H27N3S/c1-4-12-28(13-5-1)29-20-22-31(23-21-29)37-27-36(30-14-6-2-7-15-30)42-40(43-37)35-19-11-10-18-34(35)33-24-25-39-38(26-33)44-41(45-39)32-16-8-3-9-17-32/h1-27H. The van der Waals surface area contributed by atoms with E-state index in [1.807, 2.05) is 30.3 Å². The fourth-order valence-corrected chi connectivity index (χ4v) is 6.62. The van der Waals surface area contributed by atoms with Gasteiger partial charge in [0.25, 0.3) is 0 Å². The maximum atomic E-state index is 5.17. The van der Waals surface area contributed by atoms with Gasteiger partial charge in [0.1, 0.15) is 5.01 Å². The van der Waals surface area contributed by atoms with Gasteiger partial charge >= 0.3 is 0 Å². The van der Waals surface area contributed by atoms with Crippen molar-refractivity contribution in [3.63, 3.8) is 0 Å². The Labute approximate surface area is 266 Å². The van der Waals surface area contributed by atoms with Crippen molar-refractivity contribution in [1.82, 2.24) is 15.0 Å². The average molecular weight is 594 g/mol. The van der Waals surface area contributed by atoms with Crippen LogP contribution in [-0.4, -0.2) is 15.0 Å². The first kappa shape index (κ1) is 26.9. The van der Waals surface area contributed by atoms with Gasteiger partial charge in [-0.2, -0.15) is 0 Å². The topological polar surface area (TPSA) is 38.7 Å². The molecule has 212 valence electrons. The molecule has 0 aliphatic rings.